The molecule has 3 N–H and O–H groups in total. The van der Waals surface area contributed by atoms with Crippen molar-refractivity contribution in [3.63, 3.8) is 0 Å². The third-order valence-electron chi connectivity index (χ3n) is 15.5. The zero-order valence-electron chi connectivity index (χ0n) is 47.2. The molecule has 2 aliphatic carbocycles. The van der Waals surface area contributed by atoms with Gasteiger partial charge in [0.25, 0.3) is 0 Å². The monoisotopic (exact) mass is 1110 g/mol. The molecule has 0 spiro atoms. The van der Waals surface area contributed by atoms with Gasteiger partial charge in [-0.15, -0.1) is 11.3 Å². The lowest BCUT2D eigenvalue weighted by molar-refractivity contribution is -0.139. The minimum absolute atomic E-state index is 0.0205. The molecule has 1 saturated heterocycles. The lowest BCUT2D eigenvalue weighted by atomic mass is 9.83. The summed E-state index contributed by atoms with van der Waals surface area (Å²) in [7, 11) is 5.83. The molecule has 19 heteroatoms. The second-order valence-corrected chi connectivity index (χ2v) is 22.2. The molecule has 3 aliphatic rings. The number of likely N-dealkylation sites (tertiary alicyclic amines) is 1. The fourth-order valence-corrected chi connectivity index (χ4v) is 12.2. The van der Waals surface area contributed by atoms with E-state index in [4.69, 9.17) is 43.5 Å². The summed E-state index contributed by atoms with van der Waals surface area (Å²) >= 11 is 1.60. The minimum Gasteiger partial charge on any atom is -0.491 e. The van der Waals surface area contributed by atoms with Crippen LogP contribution in [0.15, 0.2) is 90.6 Å². The first-order chi connectivity index (χ1) is 39.2. The SMILES string of the molecule is CNC(C)C(=O)N[C@H](C(=O)N1CCC[C@H]1c1nc(-c2ccc(OCCOCCOCCOCCOCCOC3CCC(Nc4nccc(-c5cnn(Cc6ccccc6)c5N(C)C)n4)CC3)c3ccccc23)cs1)C1CCCCC1. The molecule has 3 fully saturated rings. The van der Waals surface area contributed by atoms with Crippen LogP contribution in [0.25, 0.3) is 33.3 Å². The molecular weight excluding hydrogens is 1030 g/mol. The van der Waals surface area contributed by atoms with Gasteiger partial charge in [-0.3, -0.25) is 9.59 Å². The standard InChI is InChI=1S/C61H82N10O8S/c1-43(62-2)57(72)68-56(45-16-9-6-10-17-45)60(73)70-29-13-20-54(70)58-66-53(42-80-58)49-25-26-55(50-19-12-11-18-48(49)50)79-39-37-77-35-33-75-31-30-74-32-34-76-36-38-78-47-23-21-46(22-24-47)65-61-63-28-27-52(67-61)51-40-64-71(59(51)69(3)4)41-44-14-7-5-8-15-44/h5,7-8,11-12,14-15,18-19,25-28,40,42-43,45-47,54,56,62H,6,9-10,13,16-17,20-24,29-39,41H2,1-4H3,(H,68,72)(H,63,65,67)/t43?,46?,47?,54-,56-/m0/s1. The fraction of sp³-hybridized carbons (Fsp3) is 0.541. The van der Waals surface area contributed by atoms with E-state index in [0.717, 1.165) is 114 Å². The summed E-state index contributed by atoms with van der Waals surface area (Å²) < 4.78 is 37.4. The molecule has 3 aromatic carbocycles. The number of aromatic nitrogens is 5. The zero-order valence-corrected chi connectivity index (χ0v) is 48.0. The molecule has 3 atom stereocenters. The number of nitrogens with one attached hydrogen (secondary N) is 3. The Morgan fingerprint density at radius 3 is 2.12 bits per heavy atom. The number of anilines is 2. The van der Waals surface area contributed by atoms with E-state index in [9.17, 15) is 9.59 Å². The van der Waals surface area contributed by atoms with E-state index in [2.05, 4.69) is 61.5 Å². The van der Waals surface area contributed by atoms with E-state index in [1.54, 1.807) is 18.4 Å². The van der Waals surface area contributed by atoms with E-state index < -0.39 is 6.04 Å². The van der Waals surface area contributed by atoms with Crippen molar-refractivity contribution in [2.24, 2.45) is 5.92 Å². The highest BCUT2D eigenvalue weighted by Gasteiger charge is 2.40. The van der Waals surface area contributed by atoms with Crippen LogP contribution in [0.4, 0.5) is 11.8 Å². The Hall–Kier alpha value is -6.06. The third-order valence-corrected chi connectivity index (χ3v) is 16.5. The van der Waals surface area contributed by atoms with Gasteiger partial charge in [0.1, 0.15) is 29.2 Å². The third kappa shape index (κ3) is 15.9. The molecule has 80 heavy (non-hydrogen) atoms. The van der Waals surface area contributed by atoms with Crippen molar-refractivity contribution in [1.29, 1.82) is 0 Å². The van der Waals surface area contributed by atoms with Crippen LogP contribution in [0.5, 0.6) is 5.75 Å². The summed E-state index contributed by atoms with van der Waals surface area (Å²) in [4.78, 5) is 46.1. The summed E-state index contributed by atoms with van der Waals surface area (Å²) in [6, 6.07) is 23.9. The lowest BCUT2D eigenvalue weighted by Gasteiger charge is -2.35. The van der Waals surface area contributed by atoms with Crippen molar-refractivity contribution in [1.82, 2.24) is 40.3 Å². The number of benzene rings is 3. The molecule has 3 aromatic heterocycles. The predicted molar refractivity (Wildman–Crippen MR) is 313 cm³/mol. The summed E-state index contributed by atoms with van der Waals surface area (Å²) in [5.41, 5.74) is 4.90. The van der Waals surface area contributed by atoms with Crippen LogP contribution in [-0.2, 0) is 39.8 Å². The highest BCUT2D eigenvalue weighted by Crippen LogP contribution is 2.40. The van der Waals surface area contributed by atoms with Crippen molar-refractivity contribution < 1.29 is 38.0 Å². The maximum Gasteiger partial charge on any atom is 0.246 e. The molecule has 2 saturated carbocycles. The Balaban J connectivity index is 0.610. The van der Waals surface area contributed by atoms with Crippen molar-refractivity contribution in [3.8, 4) is 28.3 Å². The number of likely N-dealkylation sites (N-methyl/N-ethyl adjacent to an activating group) is 1. The van der Waals surface area contributed by atoms with E-state index in [-0.39, 0.29) is 42.0 Å². The number of thiazole rings is 1. The highest BCUT2D eigenvalue weighted by molar-refractivity contribution is 7.10. The van der Waals surface area contributed by atoms with E-state index >= 15 is 0 Å². The molecule has 18 nitrogen and oxygen atoms in total. The number of carbonyl (C=O) groups is 2. The van der Waals surface area contributed by atoms with Gasteiger partial charge in [-0.05, 0) is 100 Å². The van der Waals surface area contributed by atoms with Crippen molar-refractivity contribution in [2.75, 3.05) is 104 Å². The summed E-state index contributed by atoms with van der Waals surface area (Å²) in [5.74, 6) is 2.45. The first-order valence-corrected chi connectivity index (χ1v) is 29.8. The average Bonchev–Trinajstić information content (AvgIpc) is 4.29. The van der Waals surface area contributed by atoms with E-state index in [0.29, 0.717) is 85.1 Å². The number of ether oxygens (including phenoxy) is 6. The molecule has 0 radical (unpaired) electrons. The van der Waals surface area contributed by atoms with Crippen LogP contribution < -0.4 is 25.6 Å². The molecule has 430 valence electrons. The van der Waals surface area contributed by atoms with Gasteiger partial charge in [0, 0.05) is 49.2 Å². The Labute approximate surface area is 475 Å². The van der Waals surface area contributed by atoms with Gasteiger partial charge >= 0.3 is 0 Å². The maximum atomic E-state index is 14.4. The number of nitrogens with zero attached hydrogens (tertiary/aromatic N) is 7. The molecule has 9 rings (SSSR count). The predicted octanol–water partition coefficient (Wildman–Crippen LogP) is 8.95. The van der Waals surface area contributed by atoms with Gasteiger partial charge in [0.15, 0.2) is 0 Å². The summed E-state index contributed by atoms with van der Waals surface area (Å²) in [6.07, 6.45) is 14.8. The number of hydrogen-bond donors (Lipinski definition) is 3. The maximum absolute atomic E-state index is 14.4. The number of amides is 2. The molecule has 1 aliphatic heterocycles. The smallest absolute Gasteiger partial charge is 0.246 e. The van der Waals surface area contributed by atoms with Gasteiger partial charge in [0.2, 0.25) is 17.8 Å². The quantitative estimate of drug-likeness (QED) is 0.0363. The van der Waals surface area contributed by atoms with Crippen LogP contribution in [0.3, 0.4) is 0 Å². The van der Waals surface area contributed by atoms with Gasteiger partial charge in [0.05, 0.1) is 107 Å². The number of fused-ring (bicyclic) bond motifs is 1. The fourth-order valence-electron chi connectivity index (χ4n) is 11.2. The second-order valence-electron chi connectivity index (χ2n) is 21.3. The van der Waals surface area contributed by atoms with E-state index in [1.165, 1.54) is 12.0 Å². The largest absolute Gasteiger partial charge is 0.491 e. The Morgan fingerprint density at radius 2 is 1.41 bits per heavy atom. The molecule has 6 aromatic rings. The molecule has 2 amide bonds. The Morgan fingerprint density at radius 1 is 0.725 bits per heavy atom. The number of rotatable bonds is 30. The molecular formula is C61H82N10O8S. The Kier molecular flexibility index (Phi) is 22.1. The first kappa shape index (κ1) is 58.6. The molecule has 0 bridgehead atoms. The summed E-state index contributed by atoms with van der Waals surface area (Å²) in [5, 5.41) is 19.5. The molecule has 4 heterocycles. The topological polar surface area (TPSA) is 189 Å². The van der Waals surface area contributed by atoms with Crippen LogP contribution >= 0.6 is 11.3 Å². The van der Waals surface area contributed by atoms with Crippen LogP contribution in [0.2, 0.25) is 0 Å². The number of hydrogen-bond acceptors (Lipinski definition) is 16. The molecule has 1 unspecified atom stereocenters. The van der Waals surface area contributed by atoms with E-state index in [1.807, 2.05) is 85.5 Å². The van der Waals surface area contributed by atoms with Crippen LogP contribution in [0.1, 0.15) is 94.2 Å². The summed E-state index contributed by atoms with van der Waals surface area (Å²) in [6.45, 7) is 7.95. The van der Waals surface area contributed by atoms with Gasteiger partial charge in [-0.1, -0.05) is 73.9 Å². The number of carbonyl (C=O) groups excluding carboxylic acids is 2. The highest BCUT2D eigenvalue weighted by atomic mass is 32.1. The van der Waals surface area contributed by atoms with Crippen molar-refractivity contribution >= 4 is 45.7 Å². The first-order valence-electron chi connectivity index (χ1n) is 28.9. The zero-order chi connectivity index (χ0) is 55.5. The van der Waals surface area contributed by atoms with Gasteiger partial charge in [-0.25, -0.2) is 19.6 Å². The average molecular weight is 1120 g/mol. The van der Waals surface area contributed by atoms with Gasteiger partial charge in [-0.2, -0.15) is 5.10 Å². The minimum atomic E-state index is -0.524. The lowest BCUT2D eigenvalue weighted by Crippen LogP contribution is -2.55. The normalized spacial score (nSPS) is 18.6. The van der Waals surface area contributed by atoms with Crippen molar-refractivity contribution in [2.45, 2.75) is 114 Å². The van der Waals surface area contributed by atoms with Crippen LogP contribution in [-0.4, -0.2) is 159 Å². The Bertz CT molecular complexity index is 2860. The second kappa shape index (κ2) is 30.1. The van der Waals surface area contributed by atoms with Gasteiger partial charge < -0.3 is 54.2 Å². The van der Waals surface area contributed by atoms with Crippen LogP contribution in [0, 0.1) is 5.92 Å². The van der Waals surface area contributed by atoms with Crippen molar-refractivity contribution in [3.05, 3.63) is 101 Å².